The highest BCUT2D eigenvalue weighted by Crippen LogP contribution is 2.32. The minimum Gasteiger partial charge on any atom is -0.448 e. The van der Waals surface area contributed by atoms with Crippen LogP contribution in [-0.2, 0) is 21.2 Å². The Morgan fingerprint density at radius 3 is 2.54 bits per heavy atom. The number of hydrogen-bond donors (Lipinski definition) is 1. The lowest BCUT2D eigenvalue weighted by molar-refractivity contribution is -0.137. The first-order chi connectivity index (χ1) is 11.1. The number of carbonyl (C=O) groups excluding carboxylic acids is 2. The zero-order valence-electron chi connectivity index (χ0n) is 13.4. The summed E-state index contributed by atoms with van der Waals surface area (Å²) in [5.41, 5.74) is -1.38. The molecule has 24 heavy (non-hydrogen) atoms. The third kappa shape index (κ3) is 4.39. The molecule has 1 N–H and O–H groups in total. The first kappa shape index (κ1) is 18.1. The fourth-order valence-corrected chi connectivity index (χ4v) is 2.43. The normalized spacial score (nSPS) is 15.4. The summed E-state index contributed by atoms with van der Waals surface area (Å²) in [6.45, 7) is 4.21. The minimum absolute atomic E-state index is 0.0531. The highest BCUT2D eigenvalue weighted by Gasteiger charge is 2.32. The summed E-state index contributed by atoms with van der Waals surface area (Å²) in [7, 11) is 0. The lowest BCUT2D eigenvalue weighted by Gasteiger charge is -2.28. The van der Waals surface area contributed by atoms with E-state index in [2.05, 4.69) is 5.32 Å². The van der Waals surface area contributed by atoms with Gasteiger partial charge in [0.2, 0.25) is 5.91 Å². The molecule has 0 atom stereocenters. The van der Waals surface area contributed by atoms with Crippen LogP contribution in [0.2, 0.25) is 0 Å². The minimum atomic E-state index is -4.44. The van der Waals surface area contributed by atoms with E-state index in [0.717, 1.165) is 12.1 Å². The molecule has 0 aliphatic carbocycles. The largest absolute Gasteiger partial charge is 0.448 e. The number of rotatable bonds is 5. The second kappa shape index (κ2) is 6.70. The number of amides is 2. The van der Waals surface area contributed by atoms with E-state index in [1.165, 1.54) is 17.0 Å². The summed E-state index contributed by atoms with van der Waals surface area (Å²) in [6, 6.07) is 4.86. The molecule has 1 heterocycles. The smallest absolute Gasteiger partial charge is 0.416 e. The van der Waals surface area contributed by atoms with Crippen molar-refractivity contribution in [3.05, 3.63) is 35.4 Å². The van der Waals surface area contributed by atoms with Gasteiger partial charge in [0.25, 0.3) is 0 Å². The molecule has 0 unspecified atom stereocenters. The molecular weight excluding hydrogens is 325 g/mol. The van der Waals surface area contributed by atoms with Crippen molar-refractivity contribution in [1.82, 2.24) is 10.2 Å². The third-order valence-corrected chi connectivity index (χ3v) is 3.82. The highest BCUT2D eigenvalue weighted by atomic mass is 19.4. The Balaban J connectivity index is 1.99. The number of carbonyl (C=O) groups is 2. The summed E-state index contributed by atoms with van der Waals surface area (Å²) in [5, 5.41) is 2.70. The van der Waals surface area contributed by atoms with Crippen LogP contribution in [0.1, 0.15) is 31.4 Å². The summed E-state index contributed by atoms with van der Waals surface area (Å²) < 4.78 is 43.2. The first-order valence-corrected chi connectivity index (χ1v) is 7.50. The Morgan fingerprint density at radius 1 is 1.29 bits per heavy atom. The Bertz CT molecular complexity index is 629. The molecule has 0 aromatic heterocycles. The van der Waals surface area contributed by atoms with Crippen LogP contribution >= 0.6 is 0 Å². The van der Waals surface area contributed by atoms with Crippen molar-refractivity contribution in [2.75, 3.05) is 19.7 Å². The maximum atomic E-state index is 12.8. The van der Waals surface area contributed by atoms with E-state index < -0.39 is 23.4 Å². The number of hydrogen-bond acceptors (Lipinski definition) is 3. The van der Waals surface area contributed by atoms with E-state index in [-0.39, 0.29) is 18.9 Å². The van der Waals surface area contributed by atoms with Crippen molar-refractivity contribution in [3.63, 3.8) is 0 Å². The Kier molecular flexibility index (Phi) is 5.05. The van der Waals surface area contributed by atoms with Gasteiger partial charge in [-0.25, -0.2) is 4.79 Å². The lowest BCUT2D eigenvalue weighted by Crippen LogP contribution is -2.42. The van der Waals surface area contributed by atoms with Crippen LogP contribution in [-0.4, -0.2) is 36.6 Å². The highest BCUT2D eigenvalue weighted by molar-refractivity contribution is 5.78. The van der Waals surface area contributed by atoms with Crippen LogP contribution in [0.4, 0.5) is 18.0 Å². The molecule has 132 valence electrons. The van der Waals surface area contributed by atoms with Gasteiger partial charge in [0.05, 0.1) is 17.6 Å². The molecule has 5 nitrogen and oxygen atoms in total. The molecule has 2 amide bonds. The monoisotopic (exact) mass is 344 g/mol. The van der Waals surface area contributed by atoms with Gasteiger partial charge in [0.1, 0.15) is 6.61 Å². The molecule has 0 spiro atoms. The van der Waals surface area contributed by atoms with Gasteiger partial charge in [-0.1, -0.05) is 12.1 Å². The number of nitrogens with zero attached hydrogens (tertiary/aromatic N) is 1. The second-order valence-electron chi connectivity index (χ2n) is 6.10. The van der Waals surface area contributed by atoms with Crippen molar-refractivity contribution >= 4 is 12.0 Å². The maximum Gasteiger partial charge on any atom is 0.416 e. The molecule has 1 fully saturated rings. The van der Waals surface area contributed by atoms with Gasteiger partial charge in [-0.3, -0.25) is 4.79 Å². The standard InChI is InChI=1S/C16H19F3N2O3/c1-15(2,11-4-3-5-12(10-11)16(17,18)19)20-13(22)6-7-21-8-9-24-14(21)23/h3-5,10H,6-9H2,1-2H3,(H,20,22). The average molecular weight is 344 g/mol. The van der Waals surface area contributed by atoms with Crippen molar-refractivity contribution in [3.8, 4) is 0 Å². The van der Waals surface area contributed by atoms with Crippen LogP contribution in [0.3, 0.4) is 0 Å². The molecule has 2 rings (SSSR count). The van der Waals surface area contributed by atoms with Crippen LogP contribution in [0.5, 0.6) is 0 Å². The van der Waals surface area contributed by atoms with E-state index in [9.17, 15) is 22.8 Å². The molecule has 0 saturated carbocycles. The van der Waals surface area contributed by atoms with Crippen molar-refractivity contribution in [1.29, 1.82) is 0 Å². The SMILES string of the molecule is CC(C)(NC(=O)CCN1CCOC1=O)c1cccc(C(F)(F)F)c1. The Hall–Kier alpha value is -2.25. The quantitative estimate of drug-likeness (QED) is 0.893. The number of ether oxygens (including phenoxy) is 1. The molecule has 1 saturated heterocycles. The lowest BCUT2D eigenvalue weighted by atomic mass is 9.92. The van der Waals surface area contributed by atoms with Crippen LogP contribution in [0.25, 0.3) is 0 Å². The fourth-order valence-electron chi connectivity index (χ4n) is 2.43. The topological polar surface area (TPSA) is 58.6 Å². The summed E-state index contributed by atoms with van der Waals surface area (Å²) >= 11 is 0. The van der Waals surface area contributed by atoms with Crippen molar-refractivity contribution < 1.29 is 27.5 Å². The van der Waals surface area contributed by atoms with Crippen LogP contribution < -0.4 is 5.32 Å². The molecule has 1 aliphatic rings. The maximum absolute atomic E-state index is 12.8. The van der Waals surface area contributed by atoms with Gasteiger partial charge in [0.15, 0.2) is 0 Å². The van der Waals surface area contributed by atoms with Crippen molar-refractivity contribution in [2.45, 2.75) is 32.0 Å². The van der Waals surface area contributed by atoms with Crippen LogP contribution in [0, 0.1) is 0 Å². The summed E-state index contributed by atoms with van der Waals surface area (Å²) in [4.78, 5) is 24.8. The molecule has 0 bridgehead atoms. The van der Waals surface area contributed by atoms with Gasteiger partial charge in [-0.2, -0.15) is 13.2 Å². The summed E-state index contributed by atoms with van der Waals surface area (Å²) in [6.07, 6.45) is -4.84. The Labute approximate surface area is 137 Å². The number of nitrogens with one attached hydrogen (secondary N) is 1. The van der Waals surface area contributed by atoms with Crippen molar-refractivity contribution in [2.24, 2.45) is 0 Å². The number of halogens is 3. The number of benzene rings is 1. The van der Waals surface area contributed by atoms with E-state index >= 15 is 0 Å². The van der Waals surface area contributed by atoms with E-state index in [4.69, 9.17) is 4.74 Å². The second-order valence-corrected chi connectivity index (χ2v) is 6.10. The van der Waals surface area contributed by atoms with Gasteiger partial charge >= 0.3 is 12.3 Å². The average Bonchev–Trinajstić information content (AvgIpc) is 2.89. The van der Waals surface area contributed by atoms with Gasteiger partial charge in [-0.05, 0) is 31.5 Å². The van der Waals surface area contributed by atoms with Crippen LogP contribution in [0.15, 0.2) is 24.3 Å². The number of cyclic esters (lactones) is 1. The van der Waals surface area contributed by atoms with E-state index in [1.54, 1.807) is 13.8 Å². The fraction of sp³-hybridized carbons (Fsp3) is 0.500. The Morgan fingerprint density at radius 2 is 1.96 bits per heavy atom. The molecule has 1 aromatic rings. The van der Waals surface area contributed by atoms with E-state index in [0.29, 0.717) is 18.7 Å². The predicted molar refractivity (Wildman–Crippen MR) is 80.2 cm³/mol. The zero-order chi connectivity index (χ0) is 18.0. The van der Waals surface area contributed by atoms with Gasteiger partial charge < -0.3 is 15.0 Å². The molecule has 1 aliphatic heterocycles. The first-order valence-electron chi connectivity index (χ1n) is 7.50. The molecule has 1 aromatic carbocycles. The van der Waals surface area contributed by atoms with Gasteiger partial charge in [0, 0.05) is 13.0 Å². The number of alkyl halides is 3. The molecular formula is C16H19F3N2O3. The van der Waals surface area contributed by atoms with E-state index in [1.807, 2.05) is 0 Å². The summed E-state index contributed by atoms with van der Waals surface area (Å²) in [5.74, 6) is -0.350. The van der Waals surface area contributed by atoms with Gasteiger partial charge in [-0.15, -0.1) is 0 Å². The zero-order valence-corrected chi connectivity index (χ0v) is 13.4. The third-order valence-electron chi connectivity index (χ3n) is 3.82. The predicted octanol–water partition coefficient (Wildman–Crippen LogP) is 2.90. The molecule has 8 heteroatoms. The molecule has 0 radical (unpaired) electrons.